The molecule has 0 radical (unpaired) electrons. The van der Waals surface area contributed by atoms with E-state index in [-0.39, 0.29) is 11.7 Å². The molecule has 1 aliphatic heterocycles. The number of nitrogens with two attached hydrogens (primary N) is 1. The van der Waals surface area contributed by atoms with Crippen molar-refractivity contribution in [3.05, 3.63) is 0 Å². The molecule has 1 saturated heterocycles. The quantitative estimate of drug-likeness (QED) is 0.206. The molecule has 6 heteroatoms. The van der Waals surface area contributed by atoms with Crippen molar-refractivity contribution in [1.29, 1.82) is 0 Å². The minimum atomic E-state index is -0.670. The van der Waals surface area contributed by atoms with Crippen LogP contribution in [0.15, 0.2) is 5.16 Å². The first-order chi connectivity index (χ1) is 7.58. The minimum absolute atomic E-state index is 0.0792. The summed E-state index contributed by atoms with van der Waals surface area (Å²) in [7, 11) is 0. The number of carbonyl (C=O) groups is 1. The Balaban J connectivity index is 2.20. The number of oxime groups is 1. The lowest BCUT2D eigenvalue weighted by molar-refractivity contribution is -0.139. The number of hydrogen-bond acceptors (Lipinski definition) is 4. The highest BCUT2D eigenvalue weighted by molar-refractivity contribution is 5.85. The van der Waals surface area contributed by atoms with Crippen LogP contribution < -0.4 is 11.1 Å². The number of hydrogen-bond donors (Lipinski definition) is 3. The Bertz CT molecular complexity index is 272. The van der Waals surface area contributed by atoms with E-state index in [4.69, 9.17) is 15.7 Å². The van der Waals surface area contributed by atoms with Crippen LogP contribution in [0.25, 0.3) is 0 Å². The normalized spacial score (nSPS) is 25.7. The number of carbonyl (C=O) groups excluding carboxylic acids is 1. The number of nitrogens with one attached hydrogen (secondary N) is 1. The van der Waals surface area contributed by atoms with Gasteiger partial charge in [0.25, 0.3) is 5.91 Å². The molecule has 16 heavy (non-hydrogen) atoms. The Morgan fingerprint density at radius 2 is 2.44 bits per heavy atom. The maximum Gasteiger partial charge on any atom is 0.251 e. The van der Waals surface area contributed by atoms with Crippen molar-refractivity contribution in [2.75, 3.05) is 13.2 Å². The predicted octanol–water partition coefficient (Wildman–Crippen LogP) is 0.198. The summed E-state index contributed by atoms with van der Waals surface area (Å²) in [5, 5.41) is 14.0. The van der Waals surface area contributed by atoms with Crippen LogP contribution in [-0.2, 0) is 9.53 Å². The summed E-state index contributed by atoms with van der Waals surface area (Å²) in [6.07, 6.45) is 2.80. The Labute approximate surface area is 94.8 Å². The molecule has 1 unspecified atom stereocenters. The SMILES string of the molecule is CC1(C(=O)NCCCC(N)=NO)CCCO1. The number of rotatable bonds is 5. The zero-order valence-corrected chi connectivity index (χ0v) is 9.53. The first-order valence-corrected chi connectivity index (χ1v) is 5.47. The summed E-state index contributed by atoms with van der Waals surface area (Å²) in [6.45, 7) is 2.96. The second kappa shape index (κ2) is 5.69. The fourth-order valence-corrected chi connectivity index (χ4v) is 1.67. The predicted molar refractivity (Wildman–Crippen MR) is 59.2 cm³/mol. The second-order valence-electron chi connectivity index (χ2n) is 4.13. The summed E-state index contributed by atoms with van der Waals surface area (Å²) in [5.74, 6) is 0.0992. The molecule has 0 spiro atoms. The second-order valence-corrected chi connectivity index (χ2v) is 4.13. The van der Waals surface area contributed by atoms with E-state index in [2.05, 4.69) is 10.5 Å². The molecule has 4 N–H and O–H groups in total. The van der Waals surface area contributed by atoms with Gasteiger partial charge in [-0.1, -0.05) is 5.16 Å². The van der Waals surface area contributed by atoms with Gasteiger partial charge in [-0.15, -0.1) is 0 Å². The molecule has 92 valence electrons. The van der Waals surface area contributed by atoms with Crippen molar-refractivity contribution < 1.29 is 14.7 Å². The molecule has 1 aliphatic rings. The van der Waals surface area contributed by atoms with E-state index in [0.717, 1.165) is 12.8 Å². The van der Waals surface area contributed by atoms with Gasteiger partial charge in [-0.2, -0.15) is 0 Å². The number of amidine groups is 1. The van der Waals surface area contributed by atoms with Crippen LogP contribution in [0.5, 0.6) is 0 Å². The van der Waals surface area contributed by atoms with E-state index in [9.17, 15) is 4.79 Å². The first kappa shape index (κ1) is 12.8. The van der Waals surface area contributed by atoms with Crippen LogP contribution in [0.4, 0.5) is 0 Å². The smallest absolute Gasteiger partial charge is 0.251 e. The molecule has 1 amide bonds. The molecule has 1 rings (SSSR count). The van der Waals surface area contributed by atoms with E-state index in [1.807, 2.05) is 0 Å². The lowest BCUT2D eigenvalue weighted by Gasteiger charge is -2.21. The molecule has 0 aromatic carbocycles. The average molecular weight is 229 g/mol. The maximum atomic E-state index is 11.7. The molecular formula is C10H19N3O3. The van der Waals surface area contributed by atoms with Gasteiger partial charge in [0.2, 0.25) is 0 Å². The summed E-state index contributed by atoms with van der Waals surface area (Å²) in [4.78, 5) is 11.7. The molecule has 6 nitrogen and oxygen atoms in total. The van der Waals surface area contributed by atoms with E-state index in [1.165, 1.54) is 0 Å². The molecule has 1 atom stereocenters. The third-order valence-corrected chi connectivity index (χ3v) is 2.72. The van der Waals surface area contributed by atoms with Gasteiger partial charge in [-0.25, -0.2) is 0 Å². The average Bonchev–Trinajstić information content (AvgIpc) is 2.72. The molecule has 0 bridgehead atoms. The van der Waals surface area contributed by atoms with E-state index < -0.39 is 5.60 Å². The van der Waals surface area contributed by atoms with Gasteiger partial charge < -0.3 is 21.0 Å². The molecule has 1 fully saturated rings. The van der Waals surface area contributed by atoms with E-state index >= 15 is 0 Å². The van der Waals surface area contributed by atoms with Crippen LogP contribution in [-0.4, -0.2) is 35.7 Å². The minimum Gasteiger partial charge on any atom is -0.409 e. The third kappa shape index (κ3) is 3.37. The van der Waals surface area contributed by atoms with Crippen molar-refractivity contribution >= 4 is 11.7 Å². The fraction of sp³-hybridized carbons (Fsp3) is 0.800. The topological polar surface area (TPSA) is 96.9 Å². The highest BCUT2D eigenvalue weighted by atomic mass is 16.5. The largest absolute Gasteiger partial charge is 0.409 e. The summed E-state index contributed by atoms with van der Waals surface area (Å²) >= 11 is 0. The standard InChI is InChI=1S/C10H19N3O3/c1-10(5-3-7-16-10)9(14)12-6-2-4-8(11)13-15/h15H,2-7H2,1H3,(H2,11,13)(H,12,14). The maximum absolute atomic E-state index is 11.7. The Kier molecular flexibility index (Phi) is 4.54. The van der Waals surface area contributed by atoms with Gasteiger partial charge in [-0.3, -0.25) is 4.79 Å². The van der Waals surface area contributed by atoms with Gasteiger partial charge in [-0.05, 0) is 26.2 Å². The summed E-state index contributed by atoms with van der Waals surface area (Å²) in [5.41, 5.74) is 4.63. The zero-order valence-electron chi connectivity index (χ0n) is 9.53. The number of nitrogens with zero attached hydrogens (tertiary/aromatic N) is 1. The zero-order chi connectivity index (χ0) is 12.0. The monoisotopic (exact) mass is 229 g/mol. The molecule has 0 aliphatic carbocycles. The van der Waals surface area contributed by atoms with Crippen molar-refractivity contribution in [3.63, 3.8) is 0 Å². The van der Waals surface area contributed by atoms with Crippen molar-refractivity contribution in [1.82, 2.24) is 5.32 Å². The van der Waals surface area contributed by atoms with Crippen LogP contribution in [0.2, 0.25) is 0 Å². The Hall–Kier alpha value is -1.30. The van der Waals surface area contributed by atoms with Gasteiger partial charge >= 0.3 is 0 Å². The Morgan fingerprint density at radius 3 is 3.00 bits per heavy atom. The van der Waals surface area contributed by atoms with Crippen molar-refractivity contribution in [2.24, 2.45) is 10.9 Å². The van der Waals surface area contributed by atoms with Crippen LogP contribution in [0.3, 0.4) is 0 Å². The highest BCUT2D eigenvalue weighted by Gasteiger charge is 2.37. The molecular weight excluding hydrogens is 210 g/mol. The van der Waals surface area contributed by atoms with Crippen LogP contribution in [0, 0.1) is 0 Å². The molecule has 0 saturated carbocycles. The number of amides is 1. The molecule has 0 aromatic heterocycles. The molecule has 0 aromatic rings. The fourth-order valence-electron chi connectivity index (χ4n) is 1.67. The lowest BCUT2D eigenvalue weighted by atomic mass is 10.0. The van der Waals surface area contributed by atoms with Gasteiger partial charge in [0.05, 0.1) is 0 Å². The van der Waals surface area contributed by atoms with Crippen LogP contribution >= 0.6 is 0 Å². The third-order valence-electron chi connectivity index (χ3n) is 2.72. The van der Waals surface area contributed by atoms with Crippen molar-refractivity contribution in [2.45, 2.75) is 38.2 Å². The van der Waals surface area contributed by atoms with Gasteiger partial charge in [0.1, 0.15) is 11.4 Å². The summed E-state index contributed by atoms with van der Waals surface area (Å²) in [6, 6.07) is 0. The molecule has 1 heterocycles. The first-order valence-electron chi connectivity index (χ1n) is 5.47. The van der Waals surface area contributed by atoms with E-state index in [0.29, 0.717) is 26.0 Å². The van der Waals surface area contributed by atoms with E-state index in [1.54, 1.807) is 6.92 Å². The Morgan fingerprint density at radius 1 is 1.69 bits per heavy atom. The highest BCUT2D eigenvalue weighted by Crippen LogP contribution is 2.24. The van der Waals surface area contributed by atoms with Crippen molar-refractivity contribution in [3.8, 4) is 0 Å². The van der Waals surface area contributed by atoms with Crippen LogP contribution in [0.1, 0.15) is 32.6 Å². The number of ether oxygens (including phenoxy) is 1. The van der Waals surface area contributed by atoms with Gasteiger partial charge in [0, 0.05) is 19.6 Å². The lowest BCUT2D eigenvalue weighted by Crippen LogP contribution is -2.44. The summed E-state index contributed by atoms with van der Waals surface area (Å²) < 4.78 is 5.40. The van der Waals surface area contributed by atoms with Gasteiger partial charge in [0.15, 0.2) is 0 Å².